The van der Waals surface area contributed by atoms with Gasteiger partial charge in [0.25, 0.3) is 5.91 Å². The molecule has 3 nitrogen and oxygen atoms in total. The highest BCUT2D eigenvalue weighted by atomic mass is 16.2. The maximum Gasteiger partial charge on any atom is 0.251 e. The highest BCUT2D eigenvalue weighted by molar-refractivity contribution is 6.00. The first-order valence-electron chi connectivity index (χ1n) is 4.93. The Morgan fingerprint density at radius 3 is 2.80 bits per heavy atom. The van der Waals surface area contributed by atoms with E-state index in [-0.39, 0.29) is 5.91 Å². The van der Waals surface area contributed by atoms with E-state index in [1.807, 2.05) is 30.3 Å². The molecule has 1 N–H and O–H groups in total. The van der Waals surface area contributed by atoms with Crippen LogP contribution in [0.15, 0.2) is 29.8 Å². The van der Waals surface area contributed by atoms with Crippen LogP contribution in [0.4, 0.5) is 5.69 Å². The highest BCUT2D eigenvalue weighted by Crippen LogP contribution is 2.23. The molecule has 1 aromatic carbocycles. The molecule has 1 amide bonds. The van der Waals surface area contributed by atoms with Crippen LogP contribution in [0.2, 0.25) is 0 Å². The van der Waals surface area contributed by atoms with Gasteiger partial charge in [-0.1, -0.05) is 18.2 Å². The average Bonchev–Trinajstić information content (AvgIpc) is 2.27. The van der Waals surface area contributed by atoms with E-state index in [9.17, 15) is 4.79 Å². The molecule has 0 spiro atoms. The van der Waals surface area contributed by atoms with Gasteiger partial charge in [-0.3, -0.25) is 4.79 Å². The van der Waals surface area contributed by atoms with Crippen molar-refractivity contribution in [3.63, 3.8) is 0 Å². The van der Waals surface area contributed by atoms with Crippen molar-refractivity contribution >= 4 is 17.7 Å². The Labute approximate surface area is 89.4 Å². The molecule has 0 saturated heterocycles. The first kappa shape index (κ1) is 9.77. The molecule has 0 aliphatic carbocycles. The Bertz CT molecular complexity index is 421. The van der Waals surface area contributed by atoms with E-state index in [4.69, 9.17) is 0 Å². The summed E-state index contributed by atoms with van der Waals surface area (Å²) in [6, 6.07) is 7.98. The lowest BCUT2D eigenvalue weighted by Gasteiger charge is -2.20. The van der Waals surface area contributed by atoms with Crippen molar-refractivity contribution in [3.8, 4) is 0 Å². The SMILES string of the molecule is CN(C)C(=O)C1=Cc2ccccc2NC1. The second-order valence-corrected chi connectivity index (χ2v) is 3.81. The molecule has 1 aromatic rings. The molecular formula is C12H14N2O. The summed E-state index contributed by atoms with van der Waals surface area (Å²) in [4.78, 5) is 13.3. The van der Waals surface area contributed by atoms with Gasteiger partial charge in [0.1, 0.15) is 0 Å². The highest BCUT2D eigenvalue weighted by Gasteiger charge is 2.16. The summed E-state index contributed by atoms with van der Waals surface area (Å²) in [6.07, 6.45) is 1.95. The zero-order valence-corrected chi connectivity index (χ0v) is 8.95. The monoisotopic (exact) mass is 202 g/mol. The molecule has 0 saturated carbocycles. The number of hydrogen-bond donors (Lipinski definition) is 1. The van der Waals surface area contributed by atoms with Gasteiger partial charge in [0.15, 0.2) is 0 Å². The van der Waals surface area contributed by atoms with E-state index in [1.165, 1.54) is 0 Å². The van der Waals surface area contributed by atoms with E-state index >= 15 is 0 Å². The third-order valence-electron chi connectivity index (χ3n) is 2.44. The zero-order valence-electron chi connectivity index (χ0n) is 8.95. The van der Waals surface area contributed by atoms with Crippen molar-refractivity contribution in [1.82, 2.24) is 4.90 Å². The predicted molar refractivity (Wildman–Crippen MR) is 61.6 cm³/mol. The molecule has 1 heterocycles. The molecule has 0 unspecified atom stereocenters. The summed E-state index contributed by atoms with van der Waals surface area (Å²) in [5.41, 5.74) is 2.97. The van der Waals surface area contributed by atoms with Crippen LogP contribution in [0.25, 0.3) is 6.08 Å². The van der Waals surface area contributed by atoms with Gasteiger partial charge in [0.2, 0.25) is 0 Å². The number of para-hydroxylation sites is 1. The van der Waals surface area contributed by atoms with E-state index in [1.54, 1.807) is 19.0 Å². The van der Waals surface area contributed by atoms with Gasteiger partial charge in [0.05, 0.1) is 0 Å². The first-order chi connectivity index (χ1) is 7.18. The summed E-state index contributed by atoms with van der Waals surface area (Å²) in [7, 11) is 3.54. The van der Waals surface area contributed by atoms with Gasteiger partial charge in [-0.15, -0.1) is 0 Å². The summed E-state index contributed by atoms with van der Waals surface area (Å²) in [5.74, 6) is 0.0667. The van der Waals surface area contributed by atoms with Crippen LogP contribution in [0.3, 0.4) is 0 Å². The number of carbonyl (C=O) groups excluding carboxylic acids is 1. The lowest BCUT2D eigenvalue weighted by molar-refractivity contribution is -0.124. The van der Waals surface area contributed by atoms with Gasteiger partial charge in [-0.25, -0.2) is 0 Å². The molecule has 1 aliphatic rings. The van der Waals surface area contributed by atoms with E-state index < -0.39 is 0 Å². The summed E-state index contributed by atoms with van der Waals surface area (Å²) in [5, 5.41) is 3.23. The van der Waals surface area contributed by atoms with Crippen molar-refractivity contribution in [1.29, 1.82) is 0 Å². The minimum absolute atomic E-state index is 0.0667. The number of hydrogen-bond acceptors (Lipinski definition) is 2. The zero-order chi connectivity index (χ0) is 10.8. The third-order valence-corrected chi connectivity index (χ3v) is 2.44. The van der Waals surface area contributed by atoms with Gasteiger partial charge in [-0.05, 0) is 17.7 Å². The molecule has 0 aromatic heterocycles. The number of anilines is 1. The Morgan fingerprint density at radius 2 is 2.07 bits per heavy atom. The van der Waals surface area contributed by atoms with Crippen LogP contribution in [0.5, 0.6) is 0 Å². The number of benzene rings is 1. The van der Waals surface area contributed by atoms with Gasteiger partial charge >= 0.3 is 0 Å². The first-order valence-corrected chi connectivity index (χ1v) is 4.93. The number of fused-ring (bicyclic) bond motifs is 1. The summed E-state index contributed by atoms with van der Waals surface area (Å²) >= 11 is 0. The largest absolute Gasteiger partial charge is 0.380 e. The Kier molecular flexibility index (Phi) is 2.46. The fourth-order valence-corrected chi connectivity index (χ4v) is 1.64. The fraction of sp³-hybridized carbons (Fsp3) is 0.250. The van der Waals surface area contributed by atoms with Crippen molar-refractivity contribution in [2.45, 2.75) is 0 Å². The lowest BCUT2D eigenvalue weighted by atomic mass is 10.0. The van der Waals surface area contributed by atoms with Crippen LogP contribution in [0.1, 0.15) is 5.56 Å². The number of likely N-dealkylation sites (N-methyl/N-ethyl adjacent to an activating group) is 1. The third kappa shape index (κ3) is 1.86. The van der Waals surface area contributed by atoms with Crippen LogP contribution in [-0.4, -0.2) is 31.4 Å². The number of nitrogens with one attached hydrogen (secondary N) is 1. The Balaban J connectivity index is 2.33. The Morgan fingerprint density at radius 1 is 1.33 bits per heavy atom. The van der Waals surface area contributed by atoms with Crippen LogP contribution in [-0.2, 0) is 4.79 Å². The standard InChI is InChI=1S/C12H14N2O/c1-14(2)12(15)10-7-9-5-3-4-6-11(9)13-8-10/h3-7,13H,8H2,1-2H3. The number of rotatable bonds is 1. The summed E-state index contributed by atoms with van der Waals surface area (Å²) < 4.78 is 0. The van der Waals surface area contributed by atoms with Gasteiger partial charge in [-0.2, -0.15) is 0 Å². The molecule has 1 aliphatic heterocycles. The minimum Gasteiger partial charge on any atom is -0.380 e. The molecule has 0 radical (unpaired) electrons. The molecule has 0 atom stereocenters. The molecule has 0 fully saturated rings. The van der Waals surface area contributed by atoms with Crippen molar-refractivity contribution in [2.24, 2.45) is 0 Å². The Hall–Kier alpha value is -1.77. The second-order valence-electron chi connectivity index (χ2n) is 3.81. The minimum atomic E-state index is 0.0667. The van der Waals surface area contributed by atoms with E-state index in [0.29, 0.717) is 6.54 Å². The van der Waals surface area contributed by atoms with Gasteiger partial charge < -0.3 is 10.2 Å². The smallest absolute Gasteiger partial charge is 0.251 e. The van der Waals surface area contributed by atoms with Crippen molar-refractivity contribution in [2.75, 3.05) is 26.0 Å². The number of carbonyl (C=O) groups is 1. The second kappa shape index (κ2) is 3.77. The molecule has 2 rings (SSSR count). The van der Waals surface area contributed by atoms with E-state index in [2.05, 4.69) is 5.32 Å². The quantitative estimate of drug-likeness (QED) is 0.750. The predicted octanol–water partition coefficient (Wildman–Crippen LogP) is 1.58. The van der Waals surface area contributed by atoms with Crippen LogP contribution >= 0.6 is 0 Å². The summed E-state index contributed by atoms with van der Waals surface area (Å²) in [6.45, 7) is 0.605. The maximum absolute atomic E-state index is 11.7. The van der Waals surface area contributed by atoms with Crippen molar-refractivity contribution < 1.29 is 4.79 Å². The maximum atomic E-state index is 11.7. The lowest BCUT2D eigenvalue weighted by Crippen LogP contribution is -2.28. The van der Waals surface area contributed by atoms with Crippen LogP contribution in [0, 0.1) is 0 Å². The van der Waals surface area contributed by atoms with Crippen LogP contribution < -0.4 is 5.32 Å². The molecule has 78 valence electrons. The molecule has 0 bridgehead atoms. The van der Waals surface area contributed by atoms with Gasteiger partial charge in [0, 0.05) is 31.9 Å². The average molecular weight is 202 g/mol. The molecular weight excluding hydrogens is 188 g/mol. The normalized spacial score (nSPS) is 13.6. The topological polar surface area (TPSA) is 32.3 Å². The van der Waals surface area contributed by atoms with Crippen molar-refractivity contribution in [3.05, 3.63) is 35.4 Å². The van der Waals surface area contributed by atoms with E-state index in [0.717, 1.165) is 16.8 Å². The molecule has 3 heteroatoms. The molecule has 15 heavy (non-hydrogen) atoms. The number of nitrogens with zero attached hydrogens (tertiary/aromatic N) is 1. The fourth-order valence-electron chi connectivity index (χ4n) is 1.64. The number of amides is 1.